The molecule has 0 radical (unpaired) electrons. The molecule has 0 aromatic carbocycles. The smallest absolute Gasteiger partial charge is 0.319 e. The van der Waals surface area contributed by atoms with Gasteiger partial charge in [-0.05, 0) is 6.92 Å². The summed E-state index contributed by atoms with van der Waals surface area (Å²) in [4.78, 5) is 10.4. The molecule has 2 amide bonds. The number of nitrogens with two attached hydrogens (primary N) is 1. The molecule has 3 heteroatoms. The van der Waals surface area contributed by atoms with Crippen LogP contribution < -0.4 is 5.73 Å². The zero-order chi connectivity index (χ0) is 6.78. The van der Waals surface area contributed by atoms with E-state index in [2.05, 4.69) is 0 Å². The van der Waals surface area contributed by atoms with Crippen LogP contribution in [0.25, 0.3) is 0 Å². The third-order valence-electron chi connectivity index (χ3n) is 1.39. The zero-order valence-corrected chi connectivity index (χ0v) is 5.64. The first kappa shape index (κ1) is 7.43. The normalized spacial score (nSPS) is 11.4. The first-order valence-corrected chi connectivity index (χ1v) is 2.63. The highest BCUT2D eigenvalue weighted by Crippen LogP contribution is 1.92. The van der Waals surface area contributed by atoms with Crippen molar-refractivity contribution in [2.45, 2.75) is 6.92 Å². The number of carbonyl (C=O) groups is 1. The van der Waals surface area contributed by atoms with E-state index < -0.39 is 0 Å². The molecular weight excluding hydrogens is 104 g/mol. The number of hydrogen-bond donors (Lipinski definition) is 1. The summed E-state index contributed by atoms with van der Waals surface area (Å²) < 4.78 is 0.264. The quantitative estimate of drug-likeness (QED) is 0.488. The number of primary amides is 1. The fourth-order valence-corrected chi connectivity index (χ4v) is 0.156. The Morgan fingerprint density at radius 3 is 2.00 bits per heavy atom. The summed E-state index contributed by atoms with van der Waals surface area (Å²) in [5.74, 6) is 0. The summed E-state index contributed by atoms with van der Waals surface area (Å²) in [6.07, 6.45) is 0. The van der Waals surface area contributed by atoms with Crippen LogP contribution >= 0.6 is 0 Å². The second-order valence-corrected chi connectivity index (χ2v) is 2.34. The number of urea groups is 1. The van der Waals surface area contributed by atoms with Crippen molar-refractivity contribution >= 4 is 6.03 Å². The van der Waals surface area contributed by atoms with Gasteiger partial charge < -0.3 is 5.73 Å². The fourth-order valence-electron chi connectivity index (χ4n) is 0.156. The highest BCUT2D eigenvalue weighted by molar-refractivity contribution is 5.63. The summed E-state index contributed by atoms with van der Waals surface area (Å²) in [6, 6.07) is -0.285. The number of quaternary nitrogens is 1. The molecule has 2 N–H and O–H groups in total. The van der Waals surface area contributed by atoms with E-state index in [1.165, 1.54) is 0 Å². The van der Waals surface area contributed by atoms with E-state index in [1.54, 1.807) is 14.1 Å². The van der Waals surface area contributed by atoms with Crippen LogP contribution in [0.15, 0.2) is 0 Å². The maximum absolute atomic E-state index is 10.4. The van der Waals surface area contributed by atoms with E-state index in [9.17, 15) is 4.79 Å². The van der Waals surface area contributed by atoms with E-state index in [4.69, 9.17) is 5.73 Å². The summed E-state index contributed by atoms with van der Waals surface area (Å²) in [5.41, 5.74) is 5.01. The van der Waals surface area contributed by atoms with Crippen LogP contribution in [-0.4, -0.2) is 31.2 Å². The molecule has 0 aliphatic heterocycles. The van der Waals surface area contributed by atoms with Crippen molar-refractivity contribution in [3.8, 4) is 0 Å². The maximum atomic E-state index is 10.4. The van der Waals surface area contributed by atoms with Crippen molar-refractivity contribution in [1.82, 2.24) is 0 Å². The molecule has 0 bridgehead atoms. The Morgan fingerprint density at radius 2 is 2.00 bits per heavy atom. The third-order valence-corrected chi connectivity index (χ3v) is 1.39. The van der Waals surface area contributed by atoms with E-state index in [1.807, 2.05) is 6.92 Å². The van der Waals surface area contributed by atoms with Gasteiger partial charge >= 0.3 is 6.03 Å². The Hall–Kier alpha value is -0.570. The van der Waals surface area contributed by atoms with Crippen LogP contribution in [0.1, 0.15) is 6.92 Å². The summed E-state index contributed by atoms with van der Waals surface area (Å²) in [6.45, 7) is 2.67. The molecule has 0 aliphatic rings. The molecule has 0 fully saturated rings. The third kappa shape index (κ3) is 1.50. The van der Waals surface area contributed by atoms with Crippen molar-refractivity contribution < 1.29 is 9.28 Å². The van der Waals surface area contributed by atoms with Crippen molar-refractivity contribution in [2.75, 3.05) is 20.6 Å². The van der Waals surface area contributed by atoms with Gasteiger partial charge in [0, 0.05) is 0 Å². The first-order chi connectivity index (χ1) is 3.50. The highest BCUT2D eigenvalue weighted by Gasteiger charge is 2.18. The Morgan fingerprint density at radius 1 is 1.62 bits per heavy atom. The van der Waals surface area contributed by atoms with E-state index in [0.717, 1.165) is 6.54 Å². The number of rotatable bonds is 1. The van der Waals surface area contributed by atoms with Crippen molar-refractivity contribution in [2.24, 2.45) is 5.73 Å². The lowest BCUT2D eigenvalue weighted by atomic mass is 10.5. The molecule has 0 spiro atoms. The van der Waals surface area contributed by atoms with E-state index in [0.29, 0.717) is 0 Å². The van der Waals surface area contributed by atoms with Crippen LogP contribution in [0.3, 0.4) is 0 Å². The van der Waals surface area contributed by atoms with Gasteiger partial charge in [-0.25, -0.2) is 9.28 Å². The zero-order valence-electron chi connectivity index (χ0n) is 5.64. The first-order valence-electron chi connectivity index (χ1n) is 2.63. The minimum atomic E-state index is -0.285. The molecule has 0 aliphatic carbocycles. The van der Waals surface area contributed by atoms with E-state index in [-0.39, 0.29) is 10.5 Å². The Bertz CT molecular complexity index is 98.6. The predicted octanol–water partition coefficient (Wildman–Crippen LogP) is 0.161. The predicted molar refractivity (Wildman–Crippen MR) is 32.2 cm³/mol. The van der Waals surface area contributed by atoms with Crippen LogP contribution in [0, 0.1) is 0 Å². The molecule has 0 atom stereocenters. The maximum Gasteiger partial charge on any atom is 0.413 e. The summed E-state index contributed by atoms with van der Waals surface area (Å²) in [5, 5.41) is 0. The molecular formula is C5H13N2O+. The summed E-state index contributed by atoms with van der Waals surface area (Å²) >= 11 is 0. The second-order valence-electron chi connectivity index (χ2n) is 2.34. The molecule has 0 unspecified atom stereocenters. The lowest BCUT2D eigenvalue weighted by Crippen LogP contribution is -2.48. The van der Waals surface area contributed by atoms with Gasteiger partial charge in [-0.2, -0.15) is 0 Å². The van der Waals surface area contributed by atoms with Gasteiger partial charge in [0.25, 0.3) is 0 Å². The minimum Gasteiger partial charge on any atom is -0.319 e. The van der Waals surface area contributed by atoms with Crippen molar-refractivity contribution in [3.63, 3.8) is 0 Å². The Labute approximate surface area is 49.7 Å². The van der Waals surface area contributed by atoms with Gasteiger partial charge in [-0.1, -0.05) is 0 Å². The van der Waals surface area contributed by atoms with Crippen LogP contribution in [0.2, 0.25) is 0 Å². The number of amides is 2. The largest absolute Gasteiger partial charge is 0.413 e. The molecule has 0 saturated heterocycles. The van der Waals surface area contributed by atoms with Crippen molar-refractivity contribution in [3.05, 3.63) is 0 Å². The average Bonchev–Trinajstić information content (AvgIpc) is 1.67. The standard InChI is InChI=1S/C5H12N2O/c1-4-7(2,3)5(6)8/h4H2,1-3H3,(H-,6,8)/p+1. The van der Waals surface area contributed by atoms with Gasteiger partial charge in [0.05, 0.1) is 20.6 Å². The van der Waals surface area contributed by atoms with Crippen LogP contribution in [0.5, 0.6) is 0 Å². The second kappa shape index (κ2) is 2.13. The van der Waals surface area contributed by atoms with Crippen molar-refractivity contribution in [1.29, 1.82) is 0 Å². The van der Waals surface area contributed by atoms with Gasteiger partial charge in [-0.15, -0.1) is 0 Å². The highest BCUT2D eigenvalue weighted by atomic mass is 16.2. The number of hydrogen-bond acceptors (Lipinski definition) is 1. The minimum absolute atomic E-state index is 0.264. The topological polar surface area (TPSA) is 43.1 Å². The molecule has 0 heterocycles. The molecule has 3 nitrogen and oxygen atoms in total. The van der Waals surface area contributed by atoms with Gasteiger partial charge in [0.15, 0.2) is 0 Å². The molecule has 0 rings (SSSR count). The fraction of sp³-hybridized carbons (Fsp3) is 0.800. The Kier molecular flexibility index (Phi) is 1.98. The lowest BCUT2D eigenvalue weighted by Gasteiger charge is -2.21. The van der Waals surface area contributed by atoms with Crippen LogP contribution in [0.4, 0.5) is 4.79 Å². The van der Waals surface area contributed by atoms with E-state index >= 15 is 0 Å². The van der Waals surface area contributed by atoms with Gasteiger partial charge in [0.2, 0.25) is 0 Å². The lowest BCUT2D eigenvalue weighted by molar-refractivity contribution is -0.805. The molecule has 48 valence electrons. The van der Waals surface area contributed by atoms with Gasteiger partial charge in [-0.3, -0.25) is 0 Å². The molecule has 0 saturated carbocycles. The molecule has 0 aromatic heterocycles. The molecule has 0 aromatic rings. The SMILES string of the molecule is CC[N+](C)(C)C(N)=O. The molecule has 8 heavy (non-hydrogen) atoms. The number of carbonyl (C=O) groups excluding carboxylic acids is 1. The number of nitrogens with zero attached hydrogens (tertiary/aromatic N) is 1. The summed E-state index contributed by atoms with van der Waals surface area (Å²) in [7, 11) is 3.56. The van der Waals surface area contributed by atoms with Crippen LogP contribution in [-0.2, 0) is 0 Å². The monoisotopic (exact) mass is 117 g/mol. The Balaban J connectivity index is 3.91. The van der Waals surface area contributed by atoms with Gasteiger partial charge in [0.1, 0.15) is 0 Å². The average molecular weight is 117 g/mol.